The summed E-state index contributed by atoms with van der Waals surface area (Å²) in [4.78, 5) is 23.6. The van der Waals surface area contributed by atoms with E-state index in [-0.39, 0.29) is 11.9 Å². The van der Waals surface area contributed by atoms with Crippen LogP contribution in [0.4, 0.5) is 25.2 Å². The summed E-state index contributed by atoms with van der Waals surface area (Å²) in [5, 5.41) is 0. The van der Waals surface area contributed by atoms with Crippen LogP contribution in [0.3, 0.4) is 0 Å². The first-order valence-corrected chi connectivity index (χ1v) is 29.1. The Bertz CT molecular complexity index is 1490. The number of imidazole rings is 1. The molecule has 52 heavy (non-hydrogen) atoms. The summed E-state index contributed by atoms with van der Waals surface area (Å²) in [5.41, 5.74) is 1.39. The van der Waals surface area contributed by atoms with E-state index in [9.17, 15) is 34.8 Å². The SMILES string of the molecule is CCC[CH2][Sn]([CH2]CCC)([CH2]CCCCC[n+]1ccn(CC)c1)[c]1cccc(C(=O)OCC)c1.CCOC(=O)c1cccc([211At])c1.F[P-](F)(F)(F)(F)F. The number of aromatic nitrogens is 2. The van der Waals surface area contributed by atoms with Crippen molar-refractivity contribution in [1.82, 2.24) is 4.57 Å². The molecule has 3 aromatic rings. The quantitative estimate of drug-likeness (QED) is 0.0300. The Balaban J connectivity index is 0.000000578. The standard InChI is InChI=1S/C11H20N2.C9H9AtO2.C9H9O2.2C4H9.F6P.Sn/c1-3-5-6-7-8-13-10-9-12(4-2)11-13;1-2-12-9(11)7-4-3-5-8(10)6-7;1-2-11-9(10)8-6-4-3-5-7-8;2*1-3-4-2;1-7(2,3,4,5)6;/h9-11H,1,3-8H2,2H3;3-6H,2H2,1H3;3-4,6-7H,2H2,1H3;2*1,3-4H2,2H3;;/q+1;;;;;-1;/i;10+1;;;;;. The van der Waals surface area contributed by atoms with Crippen molar-refractivity contribution in [3.05, 3.63) is 78.4 Å². The molecule has 2 aromatic carbocycles. The zero-order valence-corrected chi connectivity index (χ0v) is 37.8. The number of unbranched alkanes of at least 4 members (excludes halogenated alkanes) is 5. The predicted molar refractivity (Wildman–Crippen MR) is 196 cm³/mol. The topological polar surface area (TPSA) is 61.4 Å². The van der Waals surface area contributed by atoms with Gasteiger partial charge in [-0.15, -0.1) is 0 Å². The molecular formula is C37H56AtF6N2O4PSn. The van der Waals surface area contributed by atoms with Gasteiger partial charge < -0.3 is 0 Å². The van der Waals surface area contributed by atoms with E-state index in [1.54, 1.807) is 41.3 Å². The average molecular weight is 1070 g/mol. The number of carbonyl (C=O) groups excluding carboxylic acids is 2. The Morgan fingerprint density at radius 3 is 1.71 bits per heavy atom. The number of rotatable bonds is 19. The zero-order valence-electron chi connectivity index (χ0n) is 31.1. The molecule has 0 unspecified atom stereocenters. The van der Waals surface area contributed by atoms with Crippen LogP contribution in [0.2, 0.25) is 13.3 Å². The summed E-state index contributed by atoms with van der Waals surface area (Å²) in [6.07, 6.45) is 17.0. The van der Waals surface area contributed by atoms with Gasteiger partial charge in [-0.25, -0.2) is 0 Å². The number of nitrogens with zero attached hydrogens (tertiary/aromatic N) is 2. The molecule has 1 heterocycles. The molecular weight excluding hydrogens is 1010 g/mol. The molecule has 15 heteroatoms. The third-order valence-electron chi connectivity index (χ3n) is 8.27. The Kier molecular flexibility index (Phi) is 21.0. The molecule has 0 fully saturated rings. The Hall–Kier alpha value is -1.72. The molecule has 0 aliphatic carbocycles. The van der Waals surface area contributed by atoms with Crippen LogP contribution in [0, 0.1) is 24.7 Å². The van der Waals surface area contributed by atoms with Crippen molar-refractivity contribution in [2.24, 2.45) is 0 Å². The van der Waals surface area contributed by atoms with Gasteiger partial charge in [-0.2, -0.15) is 0 Å². The predicted octanol–water partition coefficient (Wildman–Crippen LogP) is 10.9. The van der Waals surface area contributed by atoms with Crippen LogP contribution in [-0.4, -0.2) is 48.1 Å². The van der Waals surface area contributed by atoms with Crippen molar-refractivity contribution in [1.29, 1.82) is 0 Å². The van der Waals surface area contributed by atoms with Crippen LogP contribution in [0.25, 0.3) is 0 Å². The second-order valence-electron chi connectivity index (χ2n) is 12.6. The summed E-state index contributed by atoms with van der Waals surface area (Å²) in [6.45, 7) is 13.5. The molecule has 0 bridgehead atoms. The van der Waals surface area contributed by atoms with E-state index in [1.807, 2.05) is 31.2 Å². The van der Waals surface area contributed by atoms with Gasteiger partial charge in [-0.3, -0.25) is 0 Å². The second-order valence-corrected chi connectivity index (χ2v) is 29.5. The summed E-state index contributed by atoms with van der Waals surface area (Å²) >= 11 is -1.04. The Labute approximate surface area is 325 Å². The van der Waals surface area contributed by atoms with Gasteiger partial charge >= 0.3 is 327 Å². The summed E-state index contributed by atoms with van der Waals surface area (Å²) in [6, 6.07) is 16.0. The third kappa shape index (κ3) is 22.5. The van der Waals surface area contributed by atoms with Crippen molar-refractivity contribution in [2.75, 3.05) is 13.2 Å². The fourth-order valence-electron chi connectivity index (χ4n) is 5.73. The van der Waals surface area contributed by atoms with Crippen LogP contribution in [0.1, 0.15) is 107 Å². The van der Waals surface area contributed by atoms with Crippen molar-refractivity contribution >= 4 is 45.0 Å². The molecule has 0 aliphatic heterocycles. The van der Waals surface area contributed by atoms with Crippen molar-refractivity contribution in [2.45, 2.75) is 112 Å². The van der Waals surface area contributed by atoms with Crippen LogP contribution < -0.4 is 11.4 Å². The molecule has 1 aromatic heterocycles. The van der Waals surface area contributed by atoms with Gasteiger partial charge in [0.2, 0.25) is 0 Å². The van der Waals surface area contributed by atoms with Crippen molar-refractivity contribution in [3.8, 4) is 0 Å². The second kappa shape index (κ2) is 22.6. The monoisotopic (exact) mass is 1070 g/mol. The van der Waals surface area contributed by atoms with Gasteiger partial charge in [0.1, 0.15) is 0 Å². The van der Waals surface area contributed by atoms with Gasteiger partial charge in [0.05, 0.1) is 0 Å². The summed E-state index contributed by atoms with van der Waals surface area (Å²) in [7, 11) is -10.7. The van der Waals surface area contributed by atoms with Crippen LogP contribution in [0.15, 0.2) is 67.3 Å². The van der Waals surface area contributed by atoms with Crippen molar-refractivity contribution in [3.63, 3.8) is 0 Å². The molecule has 0 saturated heterocycles. The third-order valence-corrected chi connectivity index (χ3v) is 24.8. The van der Waals surface area contributed by atoms with E-state index in [0.717, 1.165) is 21.9 Å². The molecule has 0 amide bonds. The number of carbonyl (C=O) groups is 2. The summed E-state index contributed by atoms with van der Waals surface area (Å²) < 4.78 is 80.8. The molecule has 0 N–H and O–H groups in total. The van der Waals surface area contributed by atoms with E-state index in [4.69, 9.17) is 9.47 Å². The van der Waals surface area contributed by atoms with E-state index >= 15 is 0 Å². The van der Waals surface area contributed by atoms with E-state index in [2.05, 4.69) is 66.8 Å². The minimum absolute atomic E-state index is 0.167. The minimum atomic E-state index is -10.7. The first-order valence-electron chi connectivity index (χ1n) is 18.1. The number of halogens is 6. The van der Waals surface area contributed by atoms with Crippen LogP contribution in [-0.2, 0) is 22.6 Å². The number of hydrogen-bond acceptors (Lipinski definition) is 4. The molecule has 0 radical (unpaired) electrons. The zero-order chi connectivity index (χ0) is 39.3. The maximum absolute atomic E-state index is 12.4. The first-order chi connectivity index (χ1) is 24.3. The Morgan fingerprint density at radius 1 is 0.731 bits per heavy atom. The maximum atomic E-state index is 12.4. The summed E-state index contributed by atoms with van der Waals surface area (Å²) in [5.74, 6) is -0.407. The fourth-order valence-corrected chi connectivity index (χ4v) is 22.2. The normalized spacial score (nSPS) is 12.7. The van der Waals surface area contributed by atoms with E-state index < -0.39 is 26.2 Å². The molecule has 0 atom stereocenters. The number of hydrogen-bond donors (Lipinski definition) is 0. The van der Waals surface area contributed by atoms with Gasteiger partial charge in [-0.1, -0.05) is 0 Å². The van der Waals surface area contributed by atoms with Gasteiger partial charge in [0.25, 0.3) is 0 Å². The van der Waals surface area contributed by atoms with Crippen LogP contribution in [0.5, 0.6) is 0 Å². The van der Waals surface area contributed by atoms with Gasteiger partial charge in [-0.05, 0) is 0 Å². The van der Waals surface area contributed by atoms with E-state index in [0.29, 0.717) is 18.8 Å². The first kappa shape index (κ1) is 48.3. The van der Waals surface area contributed by atoms with Gasteiger partial charge in [0, 0.05) is 0 Å². The fraction of sp³-hybridized carbons (Fsp3) is 0.541. The molecule has 0 spiro atoms. The van der Waals surface area contributed by atoms with Crippen LogP contribution >= 0.6 is 7.81 Å². The molecule has 0 aliphatic rings. The molecule has 3 rings (SSSR count). The number of ether oxygens (including phenoxy) is 2. The van der Waals surface area contributed by atoms with E-state index in [1.165, 1.54) is 64.7 Å². The molecule has 0 saturated carbocycles. The average Bonchev–Trinajstić information content (AvgIpc) is 3.54. The number of benzene rings is 2. The van der Waals surface area contributed by atoms with Crippen molar-refractivity contribution < 1.29 is 73.5 Å². The van der Waals surface area contributed by atoms with Gasteiger partial charge in [0.15, 0.2) is 0 Å². The Morgan fingerprint density at radius 2 is 1.23 bits per heavy atom. The number of aryl methyl sites for hydroxylation is 2. The molecule has 6 nitrogen and oxygen atoms in total. The molecule has 296 valence electrons. The number of esters is 2.